The first-order valence-corrected chi connectivity index (χ1v) is 5.56. The molecule has 1 heterocycles. The minimum absolute atomic E-state index is 0.108. The third-order valence-electron chi connectivity index (χ3n) is 2.91. The number of aromatic nitrogens is 3. The van der Waals surface area contributed by atoms with Gasteiger partial charge in [-0.15, -0.1) is 5.10 Å². The van der Waals surface area contributed by atoms with E-state index in [0.29, 0.717) is 12.6 Å². The minimum Gasteiger partial charge on any atom is -0.394 e. The van der Waals surface area contributed by atoms with Crippen LogP contribution in [0.25, 0.3) is 0 Å². The second-order valence-electron chi connectivity index (χ2n) is 4.09. The van der Waals surface area contributed by atoms with Gasteiger partial charge in [-0.05, 0) is 12.3 Å². The molecular formula is C10H18N4O. The Hall–Kier alpha value is -0.940. The van der Waals surface area contributed by atoms with Crippen LogP contribution in [0.2, 0.25) is 0 Å². The second kappa shape index (κ2) is 4.72. The molecule has 0 bridgehead atoms. The molecule has 84 valence electrons. The van der Waals surface area contributed by atoms with E-state index in [1.165, 1.54) is 12.8 Å². The molecule has 0 spiro atoms. The summed E-state index contributed by atoms with van der Waals surface area (Å²) in [5.41, 5.74) is 0.949. The lowest BCUT2D eigenvalue weighted by Gasteiger charge is -1.99. The van der Waals surface area contributed by atoms with Crippen molar-refractivity contribution in [1.82, 2.24) is 20.3 Å². The number of nitrogens with one attached hydrogen (secondary N) is 1. The molecule has 2 rings (SSSR count). The third-order valence-corrected chi connectivity index (χ3v) is 2.91. The summed E-state index contributed by atoms with van der Waals surface area (Å²) in [4.78, 5) is 0. The van der Waals surface area contributed by atoms with E-state index < -0.39 is 0 Å². The Bertz CT molecular complexity index is 312. The van der Waals surface area contributed by atoms with E-state index in [4.69, 9.17) is 5.11 Å². The summed E-state index contributed by atoms with van der Waals surface area (Å²) >= 11 is 0. The van der Waals surface area contributed by atoms with Crippen LogP contribution >= 0.6 is 0 Å². The van der Waals surface area contributed by atoms with Gasteiger partial charge >= 0.3 is 0 Å². The van der Waals surface area contributed by atoms with Gasteiger partial charge in [0.1, 0.15) is 0 Å². The molecular weight excluding hydrogens is 192 g/mol. The topological polar surface area (TPSA) is 63.0 Å². The zero-order valence-electron chi connectivity index (χ0n) is 9.06. The first-order valence-electron chi connectivity index (χ1n) is 5.56. The molecule has 0 amide bonds. The van der Waals surface area contributed by atoms with Crippen molar-refractivity contribution in [2.75, 3.05) is 6.61 Å². The van der Waals surface area contributed by atoms with Gasteiger partial charge in [-0.1, -0.05) is 18.6 Å². The summed E-state index contributed by atoms with van der Waals surface area (Å²) in [5.74, 6) is 0.859. The summed E-state index contributed by atoms with van der Waals surface area (Å²) in [5, 5.41) is 20.1. The summed E-state index contributed by atoms with van der Waals surface area (Å²) in [6, 6.07) is 0.679. The predicted molar refractivity (Wildman–Crippen MR) is 56.1 cm³/mol. The van der Waals surface area contributed by atoms with Gasteiger partial charge in [0.2, 0.25) is 0 Å². The lowest BCUT2D eigenvalue weighted by atomic mass is 10.3. The van der Waals surface area contributed by atoms with E-state index >= 15 is 0 Å². The van der Waals surface area contributed by atoms with Crippen molar-refractivity contribution in [1.29, 1.82) is 0 Å². The highest BCUT2D eigenvalue weighted by Crippen LogP contribution is 2.33. The van der Waals surface area contributed by atoms with Gasteiger partial charge in [0.05, 0.1) is 18.8 Å². The molecule has 1 aromatic heterocycles. The van der Waals surface area contributed by atoms with Crippen molar-refractivity contribution >= 4 is 0 Å². The zero-order chi connectivity index (χ0) is 10.7. The third kappa shape index (κ3) is 2.76. The molecule has 15 heavy (non-hydrogen) atoms. The van der Waals surface area contributed by atoms with Crippen molar-refractivity contribution in [3.63, 3.8) is 0 Å². The van der Waals surface area contributed by atoms with Gasteiger partial charge in [0, 0.05) is 18.8 Å². The first kappa shape index (κ1) is 10.6. The van der Waals surface area contributed by atoms with E-state index in [0.717, 1.165) is 18.2 Å². The largest absolute Gasteiger partial charge is 0.394 e. The fraction of sp³-hybridized carbons (Fsp3) is 0.800. The summed E-state index contributed by atoms with van der Waals surface area (Å²) in [6.45, 7) is 3.64. The zero-order valence-corrected chi connectivity index (χ0v) is 9.06. The lowest BCUT2D eigenvalue weighted by molar-refractivity contribution is 0.268. The summed E-state index contributed by atoms with van der Waals surface area (Å²) < 4.78 is 1.67. The molecule has 1 aliphatic carbocycles. The Morgan fingerprint density at radius 1 is 1.67 bits per heavy atom. The fourth-order valence-corrected chi connectivity index (χ4v) is 1.82. The van der Waals surface area contributed by atoms with Gasteiger partial charge in [0.25, 0.3) is 0 Å². The molecule has 0 saturated heterocycles. The first-order chi connectivity index (χ1) is 7.33. The maximum Gasteiger partial charge on any atom is 0.0964 e. The minimum atomic E-state index is 0.108. The average molecular weight is 210 g/mol. The van der Waals surface area contributed by atoms with Crippen LogP contribution in [0.15, 0.2) is 6.20 Å². The fourth-order valence-electron chi connectivity index (χ4n) is 1.82. The molecule has 0 aliphatic heterocycles. The van der Waals surface area contributed by atoms with Crippen molar-refractivity contribution in [3.8, 4) is 0 Å². The molecule has 1 aromatic rings. The molecule has 0 aromatic carbocycles. The highest BCUT2D eigenvalue weighted by molar-refractivity contribution is 4.97. The Morgan fingerprint density at radius 2 is 2.53 bits per heavy atom. The smallest absolute Gasteiger partial charge is 0.0964 e. The van der Waals surface area contributed by atoms with Crippen LogP contribution in [-0.4, -0.2) is 32.7 Å². The molecule has 2 atom stereocenters. The number of rotatable bonds is 6. The number of aliphatic hydroxyl groups excluding tert-OH is 1. The van der Waals surface area contributed by atoms with Crippen LogP contribution < -0.4 is 5.32 Å². The van der Waals surface area contributed by atoms with Crippen LogP contribution in [-0.2, 0) is 13.1 Å². The van der Waals surface area contributed by atoms with Crippen LogP contribution in [0.3, 0.4) is 0 Å². The molecule has 1 saturated carbocycles. The lowest BCUT2D eigenvalue weighted by Crippen LogP contribution is -2.17. The highest BCUT2D eigenvalue weighted by atomic mass is 16.3. The van der Waals surface area contributed by atoms with Crippen molar-refractivity contribution in [2.45, 2.75) is 38.9 Å². The van der Waals surface area contributed by atoms with E-state index in [1.54, 1.807) is 4.68 Å². The molecule has 1 fully saturated rings. The molecule has 2 unspecified atom stereocenters. The van der Waals surface area contributed by atoms with Crippen molar-refractivity contribution in [3.05, 3.63) is 11.9 Å². The van der Waals surface area contributed by atoms with Crippen molar-refractivity contribution < 1.29 is 5.11 Å². The van der Waals surface area contributed by atoms with Gasteiger partial charge in [0.15, 0.2) is 0 Å². The number of hydrogen-bond acceptors (Lipinski definition) is 4. The van der Waals surface area contributed by atoms with Gasteiger partial charge in [-0.25, -0.2) is 4.68 Å². The van der Waals surface area contributed by atoms with E-state index in [-0.39, 0.29) is 6.61 Å². The monoisotopic (exact) mass is 210 g/mol. The Morgan fingerprint density at radius 3 is 3.20 bits per heavy atom. The average Bonchev–Trinajstić information content (AvgIpc) is 2.88. The van der Waals surface area contributed by atoms with Crippen LogP contribution in [0.1, 0.15) is 25.5 Å². The number of aliphatic hydroxyl groups is 1. The standard InChI is InChI=1S/C10H18N4O/c1-2-8-5-10(8)11-6-9-7-14(3-4-15)13-12-9/h7-8,10-11,15H,2-6H2,1H3. The Labute approximate surface area is 89.5 Å². The highest BCUT2D eigenvalue weighted by Gasteiger charge is 2.34. The molecule has 2 N–H and O–H groups in total. The quantitative estimate of drug-likeness (QED) is 0.702. The van der Waals surface area contributed by atoms with E-state index in [2.05, 4.69) is 22.6 Å². The van der Waals surface area contributed by atoms with Crippen molar-refractivity contribution in [2.24, 2.45) is 5.92 Å². The van der Waals surface area contributed by atoms with E-state index in [1.807, 2.05) is 6.20 Å². The van der Waals surface area contributed by atoms with Crippen LogP contribution in [0.5, 0.6) is 0 Å². The maximum atomic E-state index is 8.72. The van der Waals surface area contributed by atoms with Gasteiger partial charge in [-0.2, -0.15) is 0 Å². The Kier molecular flexibility index (Phi) is 3.33. The number of nitrogens with zero attached hydrogens (tertiary/aromatic N) is 3. The normalized spacial score (nSPS) is 24.4. The SMILES string of the molecule is CCC1CC1NCc1cn(CCO)nn1. The maximum absolute atomic E-state index is 8.72. The summed E-state index contributed by atoms with van der Waals surface area (Å²) in [7, 11) is 0. The predicted octanol–water partition coefficient (Wildman–Crippen LogP) is 0.158. The number of hydrogen-bond donors (Lipinski definition) is 2. The van der Waals surface area contributed by atoms with Crippen LogP contribution in [0.4, 0.5) is 0 Å². The summed E-state index contributed by atoms with van der Waals surface area (Å²) in [6.07, 6.45) is 4.43. The van der Waals surface area contributed by atoms with E-state index in [9.17, 15) is 0 Å². The Balaban J connectivity index is 1.74. The molecule has 5 heteroatoms. The van der Waals surface area contributed by atoms with Gasteiger partial charge in [-0.3, -0.25) is 0 Å². The molecule has 5 nitrogen and oxygen atoms in total. The molecule has 1 aliphatic rings. The second-order valence-corrected chi connectivity index (χ2v) is 4.09. The van der Waals surface area contributed by atoms with Gasteiger partial charge < -0.3 is 10.4 Å². The molecule has 0 radical (unpaired) electrons. The van der Waals surface area contributed by atoms with Crippen LogP contribution in [0, 0.1) is 5.92 Å².